The van der Waals surface area contributed by atoms with Crippen LogP contribution in [0.2, 0.25) is 0 Å². The maximum absolute atomic E-state index is 11.8. The zero-order valence-electron chi connectivity index (χ0n) is 12.8. The van der Waals surface area contributed by atoms with Crippen LogP contribution < -0.4 is 10.6 Å². The van der Waals surface area contributed by atoms with E-state index in [1.54, 1.807) is 4.68 Å². The molecule has 0 aliphatic rings. The fourth-order valence-corrected chi connectivity index (χ4v) is 1.89. The molecule has 0 saturated heterocycles. The number of carboxylic acids is 1. The van der Waals surface area contributed by atoms with E-state index in [4.69, 9.17) is 5.11 Å². The Morgan fingerprint density at radius 3 is 2.52 bits per heavy atom. The molecule has 8 heteroatoms. The minimum atomic E-state index is -1.04. The highest BCUT2D eigenvalue weighted by Gasteiger charge is 2.21. The number of hydrogen-bond donors (Lipinski definition) is 3. The Balaban J connectivity index is 2.53. The summed E-state index contributed by atoms with van der Waals surface area (Å²) < 4.78 is 1.70. The number of rotatable bonds is 7. The zero-order valence-corrected chi connectivity index (χ0v) is 12.8. The molecule has 0 saturated carbocycles. The lowest BCUT2D eigenvalue weighted by Gasteiger charge is -2.17. The lowest BCUT2D eigenvalue weighted by Crippen LogP contribution is -2.46. The Bertz CT molecular complexity index is 484. The van der Waals surface area contributed by atoms with Crippen LogP contribution in [-0.2, 0) is 11.3 Å². The summed E-state index contributed by atoms with van der Waals surface area (Å²) in [6.07, 6.45) is 1.80. The van der Waals surface area contributed by atoms with Gasteiger partial charge in [0.1, 0.15) is 18.2 Å². The van der Waals surface area contributed by atoms with Gasteiger partial charge >= 0.3 is 12.0 Å². The standard InChI is InChI=1S/C13H23N5O3/c1-8(2)5-10(12(19)20)17-13(21)14-6-11-15-7-16-18(11)9(3)4/h7-10H,5-6H2,1-4H3,(H,19,20)(H2,14,17,21). The van der Waals surface area contributed by atoms with E-state index in [2.05, 4.69) is 20.7 Å². The van der Waals surface area contributed by atoms with Crippen molar-refractivity contribution in [1.29, 1.82) is 0 Å². The van der Waals surface area contributed by atoms with Gasteiger partial charge in [0.25, 0.3) is 0 Å². The van der Waals surface area contributed by atoms with Gasteiger partial charge in [0, 0.05) is 6.04 Å². The molecule has 21 heavy (non-hydrogen) atoms. The fraction of sp³-hybridized carbons (Fsp3) is 0.692. The maximum atomic E-state index is 11.8. The number of hydrogen-bond acceptors (Lipinski definition) is 4. The number of aliphatic carboxylic acids is 1. The van der Waals surface area contributed by atoms with E-state index in [0.717, 1.165) is 0 Å². The molecular weight excluding hydrogens is 274 g/mol. The van der Waals surface area contributed by atoms with Crippen LogP contribution in [0.5, 0.6) is 0 Å². The number of urea groups is 1. The molecule has 1 heterocycles. The van der Waals surface area contributed by atoms with Crippen molar-refractivity contribution < 1.29 is 14.7 Å². The molecule has 1 rings (SSSR count). The molecule has 118 valence electrons. The molecule has 0 radical (unpaired) electrons. The normalized spacial score (nSPS) is 12.5. The van der Waals surface area contributed by atoms with Crippen molar-refractivity contribution in [2.45, 2.75) is 52.7 Å². The lowest BCUT2D eigenvalue weighted by molar-refractivity contribution is -0.139. The predicted molar refractivity (Wildman–Crippen MR) is 76.7 cm³/mol. The first-order chi connectivity index (χ1) is 9.81. The van der Waals surface area contributed by atoms with Crippen molar-refractivity contribution in [2.24, 2.45) is 5.92 Å². The van der Waals surface area contributed by atoms with Crippen molar-refractivity contribution in [2.75, 3.05) is 0 Å². The van der Waals surface area contributed by atoms with Crippen LogP contribution in [0.3, 0.4) is 0 Å². The lowest BCUT2D eigenvalue weighted by atomic mass is 10.0. The van der Waals surface area contributed by atoms with Gasteiger partial charge in [-0.3, -0.25) is 0 Å². The SMILES string of the molecule is CC(C)CC(NC(=O)NCc1ncnn1C(C)C)C(=O)O. The second-order valence-corrected chi connectivity index (χ2v) is 5.56. The van der Waals surface area contributed by atoms with Gasteiger partial charge in [-0.15, -0.1) is 0 Å². The summed E-state index contributed by atoms with van der Waals surface area (Å²) in [5.41, 5.74) is 0. The Labute approximate surface area is 123 Å². The molecule has 3 N–H and O–H groups in total. The topological polar surface area (TPSA) is 109 Å². The minimum Gasteiger partial charge on any atom is -0.480 e. The molecule has 0 bridgehead atoms. The van der Waals surface area contributed by atoms with Crippen LogP contribution >= 0.6 is 0 Å². The van der Waals surface area contributed by atoms with Gasteiger partial charge in [0.15, 0.2) is 0 Å². The summed E-state index contributed by atoms with van der Waals surface area (Å²) in [4.78, 5) is 26.9. The number of carbonyl (C=O) groups is 2. The van der Waals surface area contributed by atoms with E-state index in [-0.39, 0.29) is 18.5 Å². The molecule has 0 aliphatic carbocycles. The van der Waals surface area contributed by atoms with Gasteiger partial charge in [-0.25, -0.2) is 19.3 Å². The Kier molecular flexibility index (Phi) is 6.13. The fourth-order valence-electron chi connectivity index (χ4n) is 1.89. The van der Waals surface area contributed by atoms with E-state index in [1.807, 2.05) is 27.7 Å². The van der Waals surface area contributed by atoms with Crippen LogP contribution in [0.15, 0.2) is 6.33 Å². The molecule has 2 amide bonds. The van der Waals surface area contributed by atoms with Gasteiger partial charge in [-0.1, -0.05) is 13.8 Å². The Hall–Kier alpha value is -2.12. The summed E-state index contributed by atoms with van der Waals surface area (Å²) in [5, 5.41) is 18.2. The zero-order chi connectivity index (χ0) is 16.0. The number of carboxylic acid groups (broad SMARTS) is 1. The molecule has 1 aromatic rings. The molecule has 0 aromatic carbocycles. The van der Waals surface area contributed by atoms with E-state index < -0.39 is 18.0 Å². The second kappa shape index (κ2) is 7.61. The van der Waals surface area contributed by atoms with E-state index in [1.165, 1.54) is 6.33 Å². The Morgan fingerprint density at radius 2 is 2.00 bits per heavy atom. The Morgan fingerprint density at radius 1 is 1.33 bits per heavy atom. The molecule has 0 fully saturated rings. The van der Waals surface area contributed by atoms with Crippen LogP contribution in [0.1, 0.15) is 46.0 Å². The summed E-state index contributed by atoms with van der Waals surface area (Å²) in [6.45, 7) is 7.92. The molecular formula is C13H23N5O3. The van der Waals surface area contributed by atoms with Gasteiger partial charge < -0.3 is 15.7 Å². The predicted octanol–water partition coefficient (Wildman–Crippen LogP) is 1.16. The first-order valence-corrected chi connectivity index (χ1v) is 6.96. The average molecular weight is 297 g/mol. The van der Waals surface area contributed by atoms with Gasteiger partial charge in [-0.05, 0) is 26.2 Å². The second-order valence-electron chi connectivity index (χ2n) is 5.56. The summed E-state index contributed by atoms with van der Waals surface area (Å²) in [6, 6.07) is -1.28. The first kappa shape index (κ1) is 16.9. The third-order valence-corrected chi connectivity index (χ3v) is 2.85. The van der Waals surface area contributed by atoms with Crippen molar-refractivity contribution in [1.82, 2.24) is 25.4 Å². The molecule has 0 aliphatic heterocycles. The number of aromatic nitrogens is 3. The highest BCUT2D eigenvalue weighted by atomic mass is 16.4. The van der Waals surface area contributed by atoms with E-state index in [9.17, 15) is 9.59 Å². The minimum absolute atomic E-state index is 0.139. The largest absolute Gasteiger partial charge is 0.480 e. The van der Waals surface area contributed by atoms with Crippen molar-refractivity contribution in [3.05, 3.63) is 12.2 Å². The van der Waals surface area contributed by atoms with Crippen LogP contribution in [0, 0.1) is 5.92 Å². The molecule has 8 nitrogen and oxygen atoms in total. The van der Waals surface area contributed by atoms with Gasteiger partial charge in [-0.2, -0.15) is 5.10 Å². The van der Waals surface area contributed by atoms with Crippen LogP contribution in [-0.4, -0.2) is 37.9 Å². The number of amides is 2. The highest BCUT2D eigenvalue weighted by Crippen LogP contribution is 2.06. The van der Waals surface area contributed by atoms with Crippen molar-refractivity contribution in [3.8, 4) is 0 Å². The monoisotopic (exact) mass is 297 g/mol. The molecule has 0 spiro atoms. The average Bonchev–Trinajstić information content (AvgIpc) is 2.83. The quantitative estimate of drug-likeness (QED) is 0.699. The van der Waals surface area contributed by atoms with E-state index >= 15 is 0 Å². The number of nitrogens with one attached hydrogen (secondary N) is 2. The van der Waals surface area contributed by atoms with Gasteiger partial charge in [0.2, 0.25) is 0 Å². The molecule has 1 aromatic heterocycles. The number of carbonyl (C=O) groups excluding carboxylic acids is 1. The third kappa shape index (κ3) is 5.41. The maximum Gasteiger partial charge on any atom is 0.326 e. The third-order valence-electron chi connectivity index (χ3n) is 2.85. The smallest absolute Gasteiger partial charge is 0.326 e. The first-order valence-electron chi connectivity index (χ1n) is 6.96. The molecule has 1 atom stereocenters. The molecule has 1 unspecified atom stereocenters. The summed E-state index contributed by atoms with van der Waals surface area (Å²) in [5.74, 6) is -0.240. The van der Waals surface area contributed by atoms with Crippen molar-refractivity contribution in [3.63, 3.8) is 0 Å². The number of nitrogens with zero attached hydrogens (tertiary/aromatic N) is 3. The van der Waals surface area contributed by atoms with Crippen molar-refractivity contribution >= 4 is 12.0 Å². The van der Waals surface area contributed by atoms with E-state index in [0.29, 0.717) is 12.2 Å². The van der Waals surface area contributed by atoms with Crippen LogP contribution in [0.25, 0.3) is 0 Å². The highest BCUT2D eigenvalue weighted by molar-refractivity contribution is 5.82. The summed E-state index contributed by atoms with van der Waals surface area (Å²) >= 11 is 0. The summed E-state index contributed by atoms with van der Waals surface area (Å²) in [7, 11) is 0. The van der Waals surface area contributed by atoms with Gasteiger partial charge in [0.05, 0.1) is 6.54 Å². The van der Waals surface area contributed by atoms with Crippen LogP contribution in [0.4, 0.5) is 4.79 Å².